The first-order chi connectivity index (χ1) is 7.77. The number of rotatable bonds is 7. The first kappa shape index (κ1) is 12.8. The Hall–Kier alpha value is -1.25. The average Bonchev–Trinajstić information content (AvgIpc) is 2.31. The zero-order valence-electron chi connectivity index (χ0n) is 10.4. The molecular formula is C13H23N3. The van der Waals surface area contributed by atoms with E-state index in [0.717, 1.165) is 24.6 Å². The number of unbranched alkanes of at least 4 members (excludes halogenated alkanes) is 2. The Bertz CT molecular complexity index is 274. The van der Waals surface area contributed by atoms with Gasteiger partial charge in [0.2, 0.25) is 0 Å². The van der Waals surface area contributed by atoms with Crippen molar-refractivity contribution < 1.29 is 0 Å². The molecule has 0 saturated carbocycles. The summed E-state index contributed by atoms with van der Waals surface area (Å²) in [5.74, 6) is 1.05. The van der Waals surface area contributed by atoms with Crippen LogP contribution in [-0.2, 0) is 0 Å². The van der Waals surface area contributed by atoms with E-state index in [-0.39, 0.29) is 0 Å². The van der Waals surface area contributed by atoms with Crippen LogP contribution in [0.5, 0.6) is 0 Å². The lowest BCUT2D eigenvalue weighted by atomic mass is 10.2. The molecule has 0 unspecified atom stereocenters. The van der Waals surface area contributed by atoms with Gasteiger partial charge in [0.05, 0.1) is 11.9 Å². The van der Waals surface area contributed by atoms with Gasteiger partial charge in [-0.2, -0.15) is 0 Å². The van der Waals surface area contributed by atoms with E-state index in [1.54, 1.807) is 6.20 Å². The van der Waals surface area contributed by atoms with Crippen LogP contribution in [-0.4, -0.2) is 18.1 Å². The SMILES string of the molecule is CCCCN(CCCC)c1ccc(N)cn1. The predicted molar refractivity (Wildman–Crippen MR) is 70.7 cm³/mol. The van der Waals surface area contributed by atoms with E-state index in [0.29, 0.717) is 0 Å². The van der Waals surface area contributed by atoms with Crippen LogP contribution >= 0.6 is 0 Å². The minimum absolute atomic E-state index is 0.731. The maximum absolute atomic E-state index is 5.65. The van der Waals surface area contributed by atoms with Gasteiger partial charge in [0.25, 0.3) is 0 Å². The molecule has 90 valence electrons. The van der Waals surface area contributed by atoms with Crippen molar-refractivity contribution in [2.75, 3.05) is 23.7 Å². The molecule has 1 heterocycles. The largest absolute Gasteiger partial charge is 0.397 e. The molecule has 0 aliphatic carbocycles. The van der Waals surface area contributed by atoms with Crippen LogP contribution in [0.15, 0.2) is 18.3 Å². The molecule has 0 aliphatic rings. The molecule has 0 aromatic carbocycles. The number of aromatic nitrogens is 1. The third-order valence-corrected chi connectivity index (χ3v) is 2.66. The summed E-state index contributed by atoms with van der Waals surface area (Å²) in [7, 11) is 0. The summed E-state index contributed by atoms with van der Waals surface area (Å²) in [4.78, 5) is 6.74. The second-order valence-corrected chi connectivity index (χ2v) is 4.14. The van der Waals surface area contributed by atoms with Crippen LogP contribution < -0.4 is 10.6 Å². The third-order valence-electron chi connectivity index (χ3n) is 2.66. The van der Waals surface area contributed by atoms with Gasteiger partial charge in [-0.05, 0) is 25.0 Å². The minimum atomic E-state index is 0.731. The Labute approximate surface area is 98.7 Å². The Morgan fingerprint density at radius 1 is 1.12 bits per heavy atom. The van der Waals surface area contributed by atoms with Crippen molar-refractivity contribution in [3.05, 3.63) is 18.3 Å². The van der Waals surface area contributed by atoms with Crippen LogP contribution in [0.4, 0.5) is 11.5 Å². The predicted octanol–water partition coefficient (Wildman–Crippen LogP) is 3.07. The fraction of sp³-hybridized carbons (Fsp3) is 0.615. The van der Waals surface area contributed by atoms with Crippen LogP contribution in [0.3, 0.4) is 0 Å². The van der Waals surface area contributed by atoms with Crippen molar-refractivity contribution in [2.45, 2.75) is 39.5 Å². The van der Waals surface area contributed by atoms with Gasteiger partial charge in [-0.1, -0.05) is 26.7 Å². The number of hydrogen-bond donors (Lipinski definition) is 1. The Balaban J connectivity index is 2.62. The molecule has 1 aromatic heterocycles. The lowest BCUT2D eigenvalue weighted by molar-refractivity contribution is 0.671. The van der Waals surface area contributed by atoms with Gasteiger partial charge >= 0.3 is 0 Å². The van der Waals surface area contributed by atoms with Gasteiger partial charge < -0.3 is 10.6 Å². The summed E-state index contributed by atoms with van der Waals surface area (Å²) in [5, 5.41) is 0. The molecular weight excluding hydrogens is 198 g/mol. The molecule has 2 N–H and O–H groups in total. The van der Waals surface area contributed by atoms with Crippen molar-refractivity contribution >= 4 is 11.5 Å². The van der Waals surface area contributed by atoms with Crippen LogP contribution in [0, 0.1) is 0 Å². The smallest absolute Gasteiger partial charge is 0.128 e. The Morgan fingerprint density at radius 2 is 1.75 bits per heavy atom. The Kier molecular flexibility index (Phi) is 5.68. The molecule has 0 aliphatic heterocycles. The summed E-state index contributed by atoms with van der Waals surface area (Å²) >= 11 is 0. The molecule has 0 radical (unpaired) electrons. The molecule has 0 spiro atoms. The van der Waals surface area contributed by atoms with E-state index in [1.165, 1.54) is 25.7 Å². The summed E-state index contributed by atoms with van der Waals surface area (Å²) in [6.07, 6.45) is 6.61. The number of nitrogens with two attached hydrogens (primary N) is 1. The minimum Gasteiger partial charge on any atom is -0.397 e. The number of pyridine rings is 1. The monoisotopic (exact) mass is 221 g/mol. The first-order valence-corrected chi connectivity index (χ1v) is 6.24. The first-order valence-electron chi connectivity index (χ1n) is 6.24. The molecule has 1 aromatic rings. The summed E-state index contributed by atoms with van der Waals surface area (Å²) < 4.78 is 0. The second-order valence-electron chi connectivity index (χ2n) is 4.14. The lowest BCUT2D eigenvalue weighted by Crippen LogP contribution is -2.26. The normalized spacial score (nSPS) is 10.4. The molecule has 0 atom stereocenters. The van der Waals surface area contributed by atoms with Gasteiger partial charge in [0.1, 0.15) is 5.82 Å². The van der Waals surface area contributed by atoms with E-state index in [1.807, 2.05) is 12.1 Å². The third kappa shape index (κ3) is 4.09. The molecule has 0 fully saturated rings. The molecule has 3 nitrogen and oxygen atoms in total. The highest BCUT2D eigenvalue weighted by atomic mass is 15.2. The van der Waals surface area contributed by atoms with Gasteiger partial charge in [0, 0.05) is 13.1 Å². The van der Waals surface area contributed by atoms with E-state index < -0.39 is 0 Å². The highest BCUT2D eigenvalue weighted by molar-refractivity contribution is 5.45. The number of anilines is 2. The maximum atomic E-state index is 5.65. The molecule has 16 heavy (non-hydrogen) atoms. The number of nitrogen functional groups attached to an aromatic ring is 1. The van der Waals surface area contributed by atoms with Crippen molar-refractivity contribution in [3.8, 4) is 0 Å². The van der Waals surface area contributed by atoms with Crippen molar-refractivity contribution in [1.29, 1.82) is 0 Å². The van der Waals surface area contributed by atoms with Gasteiger partial charge in [-0.15, -0.1) is 0 Å². The fourth-order valence-corrected chi connectivity index (χ4v) is 1.62. The number of hydrogen-bond acceptors (Lipinski definition) is 3. The van der Waals surface area contributed by atoms with Gasteiger partial charge in [0.15, 0.2) is 0 Å². The molecule has 3 heteroatoms. The van der Waals surface area contributed by atoms with E-state index >= 15 is 0 Å². The fourth-order valence-electron chi connectivity index (χ4n) is 1.62. The maximum Gasteiger partial charge on any atom is 0.128 e. The number of nitrogens with zero attached hydrogens (tertiary/aromatic N) is 2. The van der Waals surface area contributed by atoms with Gasteiger partial charge in [-0.25, -0.2) is 4.98 Å². The van der Waals surface area contributed by atoms with Crippen LogP contribution in [0.1, 0.15) is 39.5 Å². The quantitative estimate of drug-likeness (QED) is 0.769. The standard InChI is InChI=1S/C13H23N3/c1-3-5-9-16(10-6-4-2)13-8-7-12(14)11-15-13/h7-8,11H,3-6,9-10,14H2,1-2H3. The summed E-state index contributed by atoms with van der Waals surface area (Å²) in [6, 6.07) is 3.94. The van der Waals surface area contributed by atoms with Crippen LogP contribution in [0.2, 0.25) is 0 Å². The zero-order chi connectivity index (χ0) is 11.8. The average molecular weight is 221 g/mol. The van der Waals surface area contributed by atoms with Gasteiger partial charge in [-0.3, -0.25) is 0 Å². The lowest BCUT2D eigenvalue weighted by Gasteiger charge is -2.23. The highest BCUT2D eigenvalue weighted by Crippen LogP contribution is 2.14. The molecule has 0 amide bonds. The molecule has 0 saturated heterocycles. The second kappa shape index (κ2) is 7.09. The van der Waals surface area contributed by atoms with Crippen molar-refractivity contribution in [2.24, 2.45) is 0 Å². The van der Waals surface area contributed by atoms with E-state index in [4.69, 9.17) is 5.73 Å². The zero-order valence-corrected chi connectivity index (χ0v) is 10.4. The van der Waals surface area contributed by atoms with E-state index in [9.17, 15) is 0 Å². The van der Waals surface area contributed by atoms with Crippen molar-refractivity contribution in [3.63, 3.8) is 0 Å². The summed E-state index contributed by atoms with van der Waals surface area (Å²) in [6.45, 7) is 6.61. The molecule has 0 bridgehead atoms. The van der Waals surface area contributed by atoms with Crippen LogP contribution in [0.25, 0.3) is 0 Å². The van der Waals surface area contributed by atoms with E-state index in [2.05, 4.69) is 23.7 Å². The Morgan fingerprint density at radius 3 is 2.19 bits per heavy atom. The highest BCUT2D eigenvalue weighted by Gasteiger charge is 2.06. The summed E-state index contributed by atoms with van der Waals surface area (Å²) in [5.41, 5.74) is 6.38. The topological polar surface area (TPSA) is 42.1 Å². The van der Waals surface area contributed by atoms with Crippen molar-refractivity contribution in [1.82, 2.24) is 4.98 Å². The molecule has 1 rings (SSSR count).